The Kier molecular flexibility index (Phi) is 9.04. The van der Waals surface area contributed by atoms with Crippen LogP contribution in [0.5, 0.6) is 0 Å². The average molecular weight is 503 g/mol. The van der Waals surface area contributed by atoms with Crippen LogP contribution in [0.3, 0.4) is 0 Å². The summed E-state index contributed by atoms with van der Waals surface area (Å²) in [6.07, 6.45) is 2.58. The van der Waals surface area contributed by atoms with Gasteiger partial charge in [-0.15, -0.1) is 35.3 Å². The Hall–Kier alpha value is -1.13. The molecule has 8 heteroatoms. The second-order valence-electron chi connectivity index (χ2n) is 6.95. The number of likely N-dealkylation sites (tertiary alicyclic amines) is 1. The molecule has 0 radical (unpaired) electrons. The van der Waals surface area contributed by atoms with Crippen LogP contribution in [0.4, 0.5) is 0 Å². The van der Waals surface area contributed by atoms with Crippen molar-refractivity contribution in [2.24, 2.45) is 4.99 Å². The third-order valence-electron chi connectivity index (χ3n) is 4.74. The van der Waals surface area contributed by atoms with Gasteiger partial charge in [-0.05, 0) is 43.3 Å². The van der Waals surface area contributed by atoms with Crippen LogP contribution in [0.2, 0.25) is 0 Å². The zero-order valence-electron chi connectivity index (χ0n) is 16.3. The van der Waals surface area contributed by atoms with Gasteiger partial charge < -0.3 is 15.2 Å². The van der Waals surface area contributed by atoms with E-state index in [1.54, 1.807) is 7.05 Å². The molecule has 1 atom stereocenters. The lowest BCUT2D eigenvalue weighted by Gasteiger charge is -2.27. The van der Waals surface area contributed by atoms with Crippen molar-refractivity contribution in [1.29, 1.82) is 0 Å². The van der Waals surface area contributed by atoms with Crippen molar-refractivity contribution < 1.29 is 4.52 Å². The predicted molar refractivity (Wildman–Crippen MR) is 122 cm³/mol. The van der Waals surface area contributed by atoms with E-state index in [2.05, 4.69) is 57.0 Å². The van der Waals surface area contributed by atoms with Gasteiger partial charge in [-0.1, -0.05) is 25.1 Å². The summed E-state index contributed by atoms with van der Waals surface area (Å²) in [5.41, 5.74) is 0.983. The summed E-state index contributed by atoms with van der Waals surface area (Å²) in [4.78, 5) is 8.32. The first kappa shape index (κ1) is 22.2. The smallest absolute Gasteiger partial charge is 0.191 e. The van der Waals surface area contributed by atoms with Crippen LogP contribution >= 0.6 is 35.3 Å². The van der Waals surface area contributed by atoms with Crippen molar-refractivity contribution in [1.82, 2.24) is 20.7 Å². The number of aliphatic imine (C=N–C) groups is 1. The maximum absolute atomic E-state index is 5.38. The third kappa shape index (κ3) is 6.18. The summed E-state index contributed by atoms with van der Waals surface area (Å²) in [6, 6.07) is 6.76. The van der Waals surface area contributed by atoms with Crippen molar-refractivity contribution in [2.45, 2.75) is 45.2 Å². The van der Waals surface area contributed by atoms with E-state index in [9.17, 15) is 0 Å². The molecule has 1 fully saturated rings. The molecule has 0 aliphatic carbocycles. The van der Waals surface area contributed by atoms with E-state index in [1.807, 2.05) is 17.4 Å². The first-order chi connectivity index (χ1) is 12.7. The molecule has 6 nitrogen and oxygen atoms in total. The van der Waals surface area contributed by atoms with Crippen LogP contribution in [0.25, 0.3) is 0 Å². The van der Waals surface area contributed by atoms with Crippen LogP contribution < -0.4 is 10.6 Å². The van der Waals surface area contributed by atoms with Gasteiger partial charge in [0, 0.05) is 24.5 Å². The molecule has 0 spiro atoms. The number of thiophene rings is 1. The monoisotopic (exact) mass is 503 g/mol. The second-order valence-corrected chi connectivity index (χ2v) is 7.93. The van der Waals surface area contributed by atoms with Crippen LogP contribution in [0, 0.1) is 0 Å². The molecule has 2 N–H and O–H groups in total. The van der Waals surface area contributed by atoms with Crippen LogP contribution in [0.1, 0.15) is 55.0 Å². The Labute approximate surface area is 182 Å². The first-order valence-electron chi connectivity index (χ1n) is 9.35. The second kappa shape index (κ2) is 11.0. The number of halogens is 1. The van der Waals surface area contributed by atoms with Crippen LogP contribution in [0.15, 0.2) is 33.1 Å². The predicted octanol–water partition coefficient (Wildman–Crippen LogP) is 3.98. The fourth-order valence-electron chi connectivity index (χ4n) is 3.21. The molecule has 2 aromatic heterocycles. The molecule has 1 unspecified atom stereocenters. The van der Waals surface area contributed by atoms with Crippen molar-refractivity contribution >= 4 is 41.3 Å². The topological polar surface area (TPSA) is 65.7 Å². The lowest BCUT2D eigenvalue weighted by molar-refractivity contribution is 0.249. The van der Waals surface area contributed by atoms with E-state index >= 15 is 0 Å². The van der Waals surface area contributed by atoms with Gasteiger partial charge in [0.2, 0.25) is 0 Å². The number of hydrogen-bond donors (Lipinski definition) is 2. The number of aromatic nitrogens is 1. The summed E-state index contributed by atoms with van der Waals surface area (Å²) in [5, 5.41) is 13.0. The minimum atomic E-state index is 0. The highest BCUT2D eigenvalue weighted by Gasteiger charge is 2.24. The third-order valence-corrected chi connectivity index (χ3v) is 5.71. The number of nitrogens with one attached hydrogen (secondary N) is 2. The van der Waals surface area contributed by atoms with Gasteiger partial charge in [0.25, 0.3) is 0 Å². The molecule has 27 heavy (non-hydrogen) atoms. The van der Waals surface area contributed by atoms with Crippen LogP contribution in [-0.4, -0.2) is 42.7 Å². The first-order valence-corrected chi connectivity index (χ1v) is 10.2. The number of hydrogen-bond acceptors (Lipinski definition) is 5. The zero-order chi connectivity index (χ0) is 18.4. The standard InChI is InChI=1S/C19H29N5OS.HI/c1-14(2)16-11-15(25-23-16)12-21-19(20-3)22-13-17(18-7-6-10-26-18)24-8-4-5-9-24;/h6-7,10-11,14,17H,4-5,8-9,12-13H2,1-3H3,(H2,20,21,22);1H. The lowest BCUT2D eigenvalue weighted by atomic mass is 10.1. The van der Waals surface area contributed by atoms with Gasteiger partial charge in [0.1, 0.15) is 0 Å². The normalized spacial score (nSPS) is 16.4. The fourth-order valence-corrected chi connectivity index (χ4v) is 4.07. The summed E-state index contributed by atoms with van der Waals surface area (Å²) < 4.78 is 5.38. The molecule has 0 saturated carbocycles. The summed E-state index contributed by atoms with van der Waals surface area (Å²) in [5.74, 6) is 1.98. The molecule has 3 rings (SSSR count). The highest BCUT2D eigenvalue weighted by atomic mass is 127. The van der Waals surface area contributed by atoms with E-state index in [1.165, 1.54) is 30.8 Å². The Balaban J connectivity index is 0.00000261. The fraction of sp³-hybridized carbons (Fsp3) is 0.579. The molecule has 1 saturated heterocycles. The van der Waals surface area contributed by atoms with Crippen molar-refractivity contribution in [2.75, 3.05) is 26.7 Å². The zero-order valence-corrected chi connectivity index (χ0v) is 19.4. The largest absolute Gasteiger partial charge is 0.359 e. The van der Waals surface area contributed by atoms with E-state index in [0.29, 0.717) is 18.5 Å². The van der Waals surface area contributed by atoms with E-state index < -0.39 is 0 Å². The van der Waals surface area contributed by atoms with Gasteiger partial charge >= 0.3 is 0 Å². The Bertz CT molecular complexity index is 695. The quantitative estimate of drug-likeness (QED) is 0.340. The van der Waals surface area contributed by atoms with Crippen molar-refractivity contribution in [3.05, 3.63) is 39.9 Å². The maximum atomic E-state index is 5.38. The van der Waals surface area contributed by atoms with Crippen molar-refractivity contribution in [3.63, 3.8) is 0 Å². The molecule has 0 amide bonds. The molecule has 0 bridgehead atoms. The maximum Gasteiger partial charge on any atom is 0.191 e. The highest BCUT2D eigenvalue weighted by molar-refractivity contribution is 14.0. The molecule has 150 valence electrons. The molecule has 2 aromatic rings. The number of rotatable bonds is 7. The van der Waals surface area contributed by atoms with E-state index in [4.69, 9.17) is 4.52 Å². The number of nitrogens with zero attached hydrogens (tertiary/aromatic N) is 3. The SMILES string of the molecule is CN=C(NCc1cc(C(C)C)no1)NCC(c1cccs1)N1CCCC1.I. The summed E-state index contributed by atoms with van der Waals surface area (Å²) in [7, 11) is 1.80. The van der Waals surface area contributed by atoms with E-state index in [-0.39, 0.29) is 24.0 Å². The minimum Gasteiger partial charge on any atom is -0.359 e. The van der Waals surface area contributed by atoms with Gasteiger partial charge in [-0.2, -0.15) is 0 Å². The molecule has 1 aliphatic heterocycles. The molecular formula is C19H30IN5OS. The van der Waals surface area contributed by atoms with E-state index in [0.717, 1.165) is 24.0 Å². The van der Waals surface area contributed by atoms with Gasteiger partial charge in [0.15, 0.2) is 11.7 Å². The highest BCUT2D eigenvalue weighted by Crippen LogP contribution is 2.27. The van der Waals surface area contributed by atoms with Gasteiger partial charge in [0.05, 0.1) is 18.3 Å². The van der Waals surface area contributed by atoms with Gasteiger partial charge in [-0.3, -0.25) is 9.89 Å². The Morgan fingerprint density at radius 1 is 1.33 bits per heavy atom. The minimum absolute atomic E-state index is 0. The van der Waals surface area contributed by atoms with Crippen molar-refractivity contribution in [3.8, 4) is 0 Å². The molecular weight excluding hydrogens is 473 g/mol. The molecule has 0 aromatic carbocycles. The number of guanidine groups is 1. The lowest BCUT2D eigenvalue weighted by Crippen LogP contribution is -2.42. The van der Waals surface area contributed by atoms with Crippen LogP contribution in [-0.2, 0) is 6.54 Å². The summed E-state index contributed by atoms with van der Waals surface area (Å²) >= 11 is 1.83. The Morgan fingerprint density at radius 2 is 2.11 bits per heavy atom. The van der Waals surface area contributed by atoms with Gasteiger partial charge in [-0.25, -0.2) is 0 Å². The Morgan fingerprint density at radius 3 is 2.70 bits per heavy atom. The molecule has 1 aliphatic rings. The summed E-state index contributed by atoms with van der Waals surface area (Å²) in [6.45, 7) is 7.98. The molecule has 3 heterocycles. The average Bonchev–Trinajstić information content (AvgIpc) is 3.40.